The molecular formula is C29H27FSi. The van der Waals surface area contributed by atoms with Gasteiger partial charge < -0.3 is 0 Å². The lowest BCUT2D eigenvalue weighted by atomic mass is 9.70. The Morgan fingerprint density at radius 1 is 0.548 bits per heavy atom. The van der Waals surface area contributed by atoms with E-state index in [9.17, 15) is 4.39 Å². The van der Waals surface area contributed by atoms with E-state index in [-0.39, 0.29) is 11.2 Å². The Morgan fingerprint density at radius 2 is 1.00 bits per heavy atom. The second kappa shape index (κ2) is 8.64. The lowest BCUT2D eigenvalue weighted by molar-refractivity contribution is 0.458. The van der Waals surface area contributed by atoms with Gasteiger partial charge in [-0.3, -0.25) is 0 Å². The highest BCUT2D eigenvalue weighted by Gasteiger charge is 2.38. The average Bonchev–Trinajstić information content (AvgIpc) is 2.86. The Hall–Kier alpha value is -2.97. The molecule has 0 amide bonds. The van der Waals surface area contributed by atoms with Crippen LogP contribution in [0.3, 0.4) is 0 Å². The number of hydrogen-bond acceptors (Lipinski definition) is 0. The van der Waals surface area contributed by atoms with Crippen LogP contribution in [0.4, 0.5) is 4.39 Å². The van der Waals surface area contributed by atoms with Gasteiger partial charge in [-0.2, -0.15) is 0 Å². The third-order valence-electron chi connectivity index (χ3n) is 7.05. The summed E-state index contributed by atoms with van der Waals surface area (Å²) in [6.45, 7) is 0. The maximum Gasteiger partial charge on any atom is 0.123 e. The SMILES string of the molecule is Fc1ccc(-c2ccc([SiH]3CCC(c4ccccc4)(c4ccccc4)CC3)cc2)cc1. The van der Waals surface area contributed by atoms with Crippen LogP contribution in [-0.4, -0.2) is 8.80 Å². The summed E-state index contributed by atoms with van der Waals surface area (Å²) < 4.78 is 13.2. The van der Waals surface area contributed by atoms with Gasteiger partial charge in [0.15, 0.2) is 0 Å². The van der Waals surface area contributed by atoms with Crippen LogP contribution in [0.25, 0.3) is 11.1 Å². The van der Waals surface area contributed by atoms with Gasteiger partial charge in [-0.05, 0) is 47.2 Å². The molecule has 0 nitrogen and oxygen atoms in total. The lowest BCUT2D eigenvalue weighted by Gasteiger charge is -2.41. The van der Waals surface area contributed by atoms with Gasteiger partial charge in [0.05, 0.1) is 8.80 Å². The minimum absolute atomic E-state index is 0.139. The molecule has 0 radical (unpaired) electrons. The second-order valence-corrected chi connectivity index (χ2v) is 11.9. The molecule has 1 saturated heterocycles. The summed E-state index contributed by atoms with van der Waals surface area (Å²) >= 11 is 0. The Morgan fingerprint density at radius 3 is 1.48 bits per heavy atom. The minimum atomic E-state index is -0.996. The molecule has 0 atom stereocenters. The zero-order valence-corrected chi connectivity index (χ0v) is 18.8. The molecule has 0 aromatic heterocycles. The van der Waals surface area contributed by atoms with E-state index in [1.54, 1.807) is 5.19 Å². The molecule has 0 unspecified atom stereocenters. The highest BCUT2D eigenvalue weighted by molar-refractivity contribution is 6.73. The van der Waals surface area contributed by atoms with Crippen molar-refractivity contribution in [2.24, 2.45) is 0 Å². The molecular weight excluding hydrogens is 395 g/mol. The molecule has 2 heteroatoms. The van der Waals surface area contributed by atoms with Gasteiger partial charge in [0, 0.05) is 5.41 Å². The zero-order chi connectivity index (χ0) is 21.1. The van der Waals surface area contributed by atoms with Crippen molar-refractivity contribution in [3.05, 3.63) is 126 Å². The van der Waals surface area contributed by atoms with Crippen molar-refractivity contribution >= 4 is 14.0 Å². The van der Waals surface area contributed by atoms with Gasteiger partial charge in [-0.25, -0.2) is 4.39 Å². The molecule has 1 aliphatic heterocycles. The van der Waals surface area contributed by atoms with Crippen LogP contribution in [0.15, 0.2) is 109 Å². The molecule has 0 saturated carbocycles. The standard InChI is InChI=1S/C29H27FSi/c30-27-15-11-23(12-16-27)24-13-17-28(18-14-24)31-21-19-29(20-22-31,25-7-3-1-4-8-25)26-9-5-2-6-10-26/h1-18,31H,19-22H2. The molecule has 4 aromatic rings. The third-order valence-corrected chi connectivity index (χ3v) is 10.4. The number of rotatable bonds is 4. The topological polar surface area (TPSA) is 0 Å². The minimum Gasteiger partial charge on any atom is -0.207 e. The maximum atomic E-state index is 13.2. The fraction of sp³-hybridized carbons (Fsp3) is 0.172. The number of benzene rings is 4. The van der Waals surface area contributed by atoms with Gasteiger partial charge in [0.2, 0.25) is 0 Å². The Kier molecular flexibility index (Phi) is 5.56. The maximum absolute atomic E-state index is 13.2. The van der Waals surface area contributed by atoms with E-state index in [2.05, 4.69) is 84.9 Å². The lowest BCUT2D eigenvalue weighted by Crippen LogP contribution is -2.41. The third kappa shape index (κ3) is 4.00. The van der Waals surface area contributed by atoms with Crippen LogP contribution in [0.5, 0.6) is 0 Å². The summed E-state index contributed by atoms with van der Waals surface area (Å²) in [7, 11) is -0.996. The highest BCUT2D eigenvalue weighted by atomic mass is 28.3. The predicted octanol–water partition coefficient (Wildman–Crippen LogP) is 6.71. The first-order valence-electron chi connectivity index (χ1n) is 11.2. The molecule has 0 aliphatic carbocycles. The fourth-order valence-electron chi connectivity index (χ4n) is 5.29. The van der Waals surface area contributed by atoms with Crippen molar-refractivity contribution in [3.8, 4) is 11.1 Å². The van der Waals surface area contributed by atoms with E-state index in [0.29, 0.717) is 0 Å². The first kappa shape index (κ1) is 20.0. The van der Waals surface area contributed by atoms with Crippen molar-refractivity contribution in [1.82, 2.24) is 0 Å². The molecule has 1 aliphatic rings. The monoisotopic (exact) mass is 422 g/mol. The molecule has 5 rings (SSSR count). The highest BCUT2D eigenvalue weighted by Crippen LogP contribution is 2.45. The van der Waals surface area contributed by atoms with Crippen LogP contribution in [0.2, 0.25) is 12.1 Å². The Balaban J connectivity index is 1.38. The molecule has 1 heterocycles. The van der Waals surface area contributed by atoms with E-state index < -0.39 is 8.80 Å². The van der Waals surface area contributed by atoms with Gasteiger partial charge >= 0.3 is 0 Å². The van der Waals surface area contributed by atoms with Crippen molar-refractivity contribution in [2.75, 3.05) is 0 Å². The normalized spacial score (nSPS) is 16.2. The second-order valence-electron chi connectivity index (χ2n) is 8.72. The van der Waals surface area contributed by atoms with E-state index in [0.717, 1.165) is 11.1 Å². The largest absolute Gasteiger partial charge is 0.207 e. The summed E-state index contributed by atoms with van der Waals surface area (Å²) in [6.07, 6.45) is 2.44. The van der Waals surface area contributed by atoms with Crippen molar-refractivity contribution in [1.29, 1.82) is 0 Å². The predicted molar refractivity (Wildman–Crippen MR) is 131 cm³/mol. The molecule has 154 valence electrons. The Bertz CT molecular complexity index is 1070. The van der Waals surface area contributed by atoms with Gasteiger partial charge in [0.25, 0.3) is 0 Å². The smallest absolute Gasteiger partial charge is 0.123 e. The molecule has 0 spiro atoms. The summed E-state index contributed by atoms with van der Waals surface area (Å²) in [6, 6.07) is 40.7. The summed E-state index contributed by atoms with van der Waals surface area (Å²) in [4.78, 5) is 0. The Labute approximate surface area is 186 Å². The van der Waals surface area contributed by atoms with E-state index in [1.165, 1.54) is 48.2 Å². The van der Waals surface area contributed by atoms with Crippen LogP contribution < -0.4 is 5.19 Å². The van der Waals surface area contributed by atoms with E-state index in [1.807, 2.05) is 12.1 Å². The quantitative estimate of drug-likeness (QED) is 0.321. The van der Waals surface area contributed by atoms with Gasteiger partial charge in [-0.15, -0.1) is 0 Å². The van der Waals surface area contributed by atoms with E-state index in [4.69, 9.17) is 0 Å². The zero-order valence-electron chi connectivity index (χ0n) is 17.7. The van der Waals surface area contributed by atoms with Crippen LogP contribution in [0.1, 0.15) is 24.0 Å². The van der Waals surface area contributed by atoms with Crippen molar-refractivity contribution in [3.63, 3.8) is 0 Å². The van der Waals surface area contributed by atoms with Crippen molar-refractivity contribution in [2.45, 2.75) is 30.3 Å². The summed E-state index contributed by atoms with van der Waals surface area (Å²) in [5.74, 6) is -0.185. The van der Waals surface area contributed by atoms with Crippen LogP contribution in [-0.2, 0) is 5.41 Å². The van der Waals surface area contributed by atoms with Gasteiger partial charge in [-0.1, -0.05) is 114 Å². The summed E-state index contributed by atoms with van der Waals surface area (Å²) in [5, 5.41) is 1.56. The van der Waals surface area contributed by atoms with Crippen molar-refractivity contribution < 1.29 is 4.39 Å². The molecule has 0 N–H and O–H groups in total. The molecule has 0 bridgehead atoms. The van der Waals surface area contributed by atoms with Gasteiger partial charge in [0.1, 0.15) is 5.82 Å². The first-order chi connectivity index (χ1) is 15.2. The summed E-state index contributed by atoms with van der Waals surface area (Å²) in [5.41, 5.74) is 5.29. The van der Waals surface area contributed by atoms with Crippen LogP contribution in [0, 0.1) is 5.82 Å². The first-order valence-corrected chi connectivity index (χ1v) is 13.4. The fourth-order valence-corrected chi connectivity index (χ4v) is 8.67. The average molecular weight is 423 g/mol. The van der Waals surface area contributed by atoms with Crippen LogP contribution >= 0.6 is 0 Å². The molecule has 4 aromatic carbocycles. The number of hydrogen-bond donors (Lipinski definition) is 0. The van der Waals surface area contributed by atoms with E-state index >= 15 is 0 Å². The molecule has 31 heavy (non-hydrogen) atoms. The number of halogens is 1. The molecule has 1 fully saturated rings.